The first-order chi connectivity index (χ1) is 16.3. The van der Waals surface area contributed by atoms with Gasteiger partial charge in [0, 0.05) is 23.3 Å². The van der Waals surface area contributed by atoms with Crippen molar-refractivity contribution in [3.05, 3.63) is 0 Å². The molecule has 2 saturated heterocycles. The predicted molar refractivity (Wildman–Crippen MR) is 133 cm³/mol. The van der Waals surface area contributed by atoms with Crippen molar-refractivity contribution < 1.29 is 15.0 Å². The van der Waals surface area contributed by atoms with E-state index in [2.05, 4.69) is 23.6 Å². The van der Waals surface area contributed by atoms with Gasteiger partial charge in [-0.15, -0.1) is 0 Å². The van der Waals surface area contributed by atoms with E-state index in [-0.39, 0.29) is 29.0 Å². The van der Waals surface area contributed by atoms with Crippen LogP contribution < -0.4 is 0 Å². The molecule has 2 heterocycles. The van der Waals surface area contributed by atoms with Crippen LogP contribution in [0.3, 0.4) is 0 Å². The Kier molecular flexibility index (Phi) is 5.99. The number of fused-ring (bicyclic) bond motifs is 5. The fourth-order valence-electron chi connectivity index (χ4n) is 10.3. The van der Waals surface area contributed by atoms with Gasteiger partial charge in [-0.1, -0.05) is 26.7 Å². The molecule has 34 heavy (non-hydrogen) atoms. The van der Waals surface area contributed by atoms with Gasteiger partial charge >= 0.3 is 0 Å². The standard InChI is InChI=1S/C29H48N2O3/c1-27-11-10-22-21(23(27)18-24(26(27)33)30-13-5-3-6-14-30)17-25(31-15-7-4-8-16-31)29(34)19-20(32)9-12-28(22,29)2/h20-25,32,34H,3-19H2,1-2H3/t20?,21-,22-,23+,24?,25?,27+,28-,29?/m1/s1. The van der Waals surface area contributed by atoms with E-state index in [9.17, 15) is 15.0 Å². The lowest BCUT2D eigenvalue weighted by atomic mass is 9.42. The summed E-state index contributed by atoms with van der Waals surface area (Å²) >= 11 is 0. The van der Waals surface area contributed by atoms with Crippen LogP contribution in [0.1, 0.15) is 97.3 Å². The smallest absolute Gasteiger partial charge is 0.156 e. The maximum absolute atomic E-state index is 14.0. The minimum atomic E-state index is -0.814. The van der Waals surface area contributed by atoms with Gasteiger partial charge in [-0.25, -0.2) is 0 Å². The number of hydrogen-bond donors (Lipinski definition) is 2. The third-order valence-electron chi connectivity index (χ3n) is 12.2. The van der Waals surface area contributed by atoms with Crippen molar-refractivity contribution in [2.75, 3.05) is 26.2 Å². The predicted octanol–water partition coefficient (Wildman–Crippen LogP) is 4.00. The van der Waals surface area contributed by atoms with E-state index in [1.54, 1.807) is 0 Å². The highest BCUT2D eigenvalue weighted by Gasteiger charge is 2.69. The van der Waals surface area contributed by atoms with Gasteiger partial charge in [-0.2, -0.15) is 0 Å². The number of nitrogens with zero attached hydrogens (tertiary/aromatic N) is 2. The first-order valence-corrected chi connectivity index (χ1v) is 14.7. The minimum Gasteiger partial charge on any atom is -0.393 e. The molecule has 6 aliphatic rings. The summed E-state index contributed by atoms with van der Waals surface area (Å²) in [6, 6.07) is 0.254. The van der Waals surface area contributed by atoms with Gasteiger partial charge in [0.2, 0.25) is 0 Å². The molecule has 0 bridgehead atoms. The molecule has 0 aromatic heterocycles. The number of rotatable bonds is 2. The number of likely N-dealkylation sites (tertiary alicyclic amines) is 2. The largest absolute Gasteiger partial charge is 0.393 e. The second kappa shape index (κ2) is 8.53. The number of Topliss-reactive ketones (excluding diaryl/α,β-unsaturated/α-hetero) is 1. The average molecular weight is 473 g/mol. The topological polar surface area (TPSA) is 64.0 Å². The molecule has 0 aromatic carbocycles. The monoisotopic (exact) mass is 472 g/mol. The summed E-state index contributed by atoms with van der Waals surface area (Å²) < 4.78 is 0. The Morgan fingerprint density at radius 2 is 1.47 bits per heavy atom. The number of carbonyl (C=O) groups excluding carboxylic acids is 1. The van der Waals surface area contributed by atoms with E-state index in [1.165, 1.54) is 38.5 Å². The van der Waals surface area contributed by atoms with E-state index < -0.39 is 5.60 Å². The minimum absolute atomic E-state index is 0.125. The van der Waals surface area contributed by atoms with E-state index in [4.69, 9.17) is 0 Å². The summed E-state index contributed by atoms with van der Waals surface area (Å²) in [5.41, 5.74) is -1.16. The number of hydrogen-bond acceptors (Lipinski definition) is 5. The van der Waals surface area contributed by atoms with E-state index in [0.29, 0.717) is 30.0 Å². The average Bonchev–Trinajstić information content (AvgIpc) is 3.12. The molecular formula is C29H48N2O3. The van der Waals surface area contributed by atoms with Crippen LogP contribution >= 0.6 is 0 Å². The quantitative estimate of drug-likeness (QED) is 0.636. The van der Waals surface area contributed by atoms with Crippen molar-refractivity contribution in [3.63, 3.8) is 0 Å². The van der Waals surface area contributed by atoms with E-state index in [1.807, 2.05) is 0 Å². The zero-order valence-corrected chi connectivity index (χ0v) is 21.7. The van der Waals surface area contributed by atoms with Gasteiger partial charge in [-0.3, -0.25) is 14.6 Å². The zero-order chi connectivity index (χ0) is 23.7. The Morgan fingerprint density at radius 1 is 0.824 bits per heavy atom. The highest BCUT2D eigenvalue weighted by Crippen LogP contribution is 2.67. The third-order valence-corrected chi connectivity index (χ3v) is 12.2. The van der Waals surface area contributed by atoms with Gasteiger partial charge in [0.1, 0.15) is 0 Å². The molecule has 0 spiro atoms. The second-order valence-electron chi connectivity index (χ2n) is 13.6. The van der Waals surface area contributed by atoms with Gasteiger partial charge < -0.3 is 10.2 Å². The van der Waals surface area contributed by atoms with Crippen LogP contribution in [-0.4, -0.2) is 75.8 Å². The molecule has 0 radical (unpaired) electrons. The van der Waals surface area contributed by atoms with Gasteiger partial charge in [0.25, 0.3) is 0 Å². The molecule has 6 fully saturated rings. The summed E-state index contributed by atoms with van der Waals surface area (Å²) in [6.07, 6.45) is 13.5. The van der Waals surface area contributed by atoms with Crippen LogP contribution in [-0.2, 0) is 4.79 Å². The molecular weight excluding hydrogens is 424 g/mol. The van der Waals surface area contributed by atoms with Crippen molar-refractivity contribution in [1.29, 1.82) is 0 Å². The lowest BCUT2D eigenvalue weighted by Gasteiger charge is -2.67. The Bertz CT molecular complexity index is 792. The molecule has 6 rings (SSSR count). The van der Waals surface area contributed by atoms with Crippen LogP contribution in [0.4, 0.5) is 0 Å². The van der Waals surface area contributed by atoms with E-state index >= 15 is 0 Å². The molecule has 0 amide bonds. The number of aliphatic hydroxyl groups is 2. The summed E-state index contributed by atoms with van der Waals surface area (Å²) in [4.78, 5) is 19.1. The van der Waals surface area contributed by atoms with Crippen molar-refractivity contribution >= 4 is 5.78 Å². The lowest BCUT2D eigenvalue weighted by Crippen LogP contribution is -2.72. The van der Waals surface area contributed by atoms with Crippen LogP contribution in [0, 0.1) is 28.6 Å². The molecule has 5 nitrogen and oxygen atoms in total. The molecule has 0 aromatic rings. The van der Waals surface area contributed by atoms with Crippen LogP contribution in [0.2, 0.25) is 0 Å². The second-order valence-corrected chi connectivity index (χ2v) is 13.6. The molecule has 2 aliphatic heterocycles. The summed E-state index contributed by atoms with van der Waals surface area (Å²) in [7, 11) is 0. The molecule has 9 atom stereocenters. The maximum Gasteiger partial charge on any atom is 0.156 e. The molecule has 192 valence electrons. The summed E-state index contributed by atoms with van der Waals surface area (Å²) in [5, 5.41) is 23.2. The summed E-state index contributed by atoms with van der Waals surface area (Å²) in [5.74, 6) is 1.98. The highest BCUT2D eigenvalue weighted by molar-refractivity contribution is 5.92. The van der Waals surface area contributed by atoms with Crippen LogP contribution in [0.5, 0.6) is 0 Å². The Hall–Kier alpha value is -0.490. The molecule has 4 unspecified atom stereocenters. The molecule has 4 aliphatic carbocycles. The van der Waals surface area contributed by atoms with Crippen LogP contribution in [0.25, 0.3) is 0 Å². The third kappa shape index (κ3) is 3.35. The maximum atomic E-state index is 14.0. The molecule has 2 N–H and O–H groups in total. The molecule has 4 saturated carbocycles. The zero-order valence-electron chi connectivity index (χ0n) is 21.7. The normalized spacial score (nSPS) is 52.6. The molecule has 5 heteroatoms. The van der Waals surface area contributed by atoms with Crippen molar-refractivity contribution in [3.8, 4) is 0 Å². The van der Waals surface area contributed by atoms with Gasteiger partial charge in [0.15, 0.2) is 5.78 Å². The first-order valence-electron chi connectivity index (χ1n) is 14.7. The van der Waals surface area contributed by atoms with E-state index in [0.717, 1.165) is 64.7 Å². The van der Waals surface area contributed by atoms with Crippen LogP contribution in [0.15, 0.2) is 0 Å². The number of carbonyl (C=O) groups is 1. The fourth-order valence-corrected chi connectivity index (χ4v) is 10.3. The number of ketones is 1. The van der Waals surface area contributed by atoms with Crippen molar-refractivity contribution in [1.82, 2.24) is 9.80 Å². The lowest BCUT2D eigenvalue weighted by molar-refractivity contribution is -0.250. The Labute approximate surface area is 206 Å². The number of aliphatic hydroxyl groups excluding tert-OH is 1. The van der Waals surface area contributed by atoms with Crippen molar-refractivity contribution in [2.24, 2.45) is 28.6 Å². The van der Waals surface area contributed by atoms with Crippen molar-refractivity contribution in [2.45, 2.75) is 121 Å². The van der Waals surface area contributed by atoms with Gasteiger partial charge in [0.05, 0.1) is 17.7 Å². The Balaban J connectivity index is 1.35. The SMILES string of the molecule is C[C@]12CC[C@@H]3[C@@H](CC(N4CCCCC4)C4(O)CC(O)CC[C@]34C)[C@@H]1CC(N1CCCCC1)C2=O. The fraction of sp³-hybridized carbons (Fsp3) is 0.966. The summed E-state index contributed by atoms with van der Waals surface area (Å²) in [6.45, 7) is 9.03. The number of piperidine rings is 2. The van der Waals surface area contributed by atoms with Gasteiger partial charge in [-0.05, 0) is 108 Å². The first kappa shape index (κ1) is 23.9. The highest BCUT2D eigenvalue weighted by atomic mass is 16.3. The Morgan fingerprint density at radius 3 is 2.15 bits per heavy atom.